The topological polar surface area (TPSA) is 0 Å². The van der Waals surface area contributed by atoms with Gasteiger partial charge in [0.15, 0.2) is 0 Å². The number of hydrogen-bond donors (Lipinski definition) is 0. The zero-order valence-electron chi connectivity index (χ0n) is 12.6. The first-order valence-corrected chi connectivity index (χ1v) is 8.90. The predicted octanol–water partition coefficient (Wildman–Crippen LogP) is 6.34. The van der Waals surface area contributed by atoms with E-state index in [1.165, 1.54) is 51.4 Å². The second kappa shape index (κ2) is 8.23. The van der Waals surface area contributed by atoms with Crippen molar-refractivity contribution < 1.29 is 0 Å². The lowest BCUT2D eigenvalue weighted by Gasteiger charge is -2.26. The maximum Gasteiger partial charge on any atom is -0.0383 e. The van der Waals surface area contributed by atoms with Crippen molar-refractivity contribution in [2.75, 3.05) is 0 Å². The third kappa shape index (κ3) is 4.59. The van der Waals surface area contributed by atoms with E-state index in [2.05, 4.69) is 6.92 Å². The molecule has 0 nitrogen and oxygen atoms in total. The standard InChI is InChI=1S/C18H34/c1-2-3-4-5-14-18(17-12-8-9-13-17)15-16-10-6-7-11-16/h16-18H,2-15H2,1H3. The lowest BCUT2D eigenvalue weighted by Crippen LogP contribution is -2.15. The maximum absolute atomic E-state index is 2.33. The Morgan fingerprint density at radius 1 is 0.833 bits per heavy atom. The normalized spacial score (nSPS) is 23.8. The van der Waals surface area contributed by atoms with Crippen molar-refractivity contribution in [3.05, 3.63) is 0 Å². The summed E-state index contributed by atoms with van der Waals surface area (Å²) in [4.78, 5) is 0. The zero-order chi connectivity index (χ0) is 12.6. The smallest absolute Gasteiger partial charge is 0.0383 e. The van der Waals surface area contributed by atoms with Crippen LogP contribution in [0.1, 0.15) is 96.8 Å². The molecule has 0 amide bonds. The summed E-state index contributed by atoms with van der Waals surface area (Å²) in [5.41, 5.74) is 0. The van der Waals surface area contributed by atoms with Gasteiger partial charge in [0, 0.05) is 0 Å². The lowest BCUT2D eigenvalue weighted by molar-refractivity contribution is 0.249. The lowest BCUT2D eigenvalue weighted by atomic mass is 9.79. The van der Waals surface area contributed by atoms with Crippen LogP contribution in [0, 0.1) is 17.8 Å². The first-order valence-electron chi connectivity index (χ1n) is 8.90. The second-order valence-corrected chi connectivity index (χ2v) is 7.04. The van der Waals surface area contributed by atoms with Crippen molar-refractivity contribution in [1.29, 1.82) is 0 Å². The summed E-state index contributed by atoms with van der Waals surface area (Å²) in [5, 5.41) is 0. The minimum Gasteiger partial charge on any atom is -0.0654 e. The molecule has 2 aliphatic rings. The molecule has 106 valence electrons. The van der Waals surface area contributed by atoms with E-state index in [0.29, 0.717) is 0 Å². The summed E-state index contributed by atoms with van der Waals surface area (Å²) < 4.78 is 0. The molecule has 0 bridgehead atoms. The maximum atomic E-state index is 2.33. The molecule has 0 spiro atoms. The molecule has 2 fully saturated rings. The molecule has 2 aliphatic carbocycles. The van der Waals surface area contributed by atoms with Crippen LogP contribution in [0.3, 0.4) is 0 Å². The van der Waals surface area contributed by atoms with E-state index in [9.17, 15) is 0 Å². The fourth-order valence-electron chi connectivity index (χ4n) is 4.48. The van der Waals surface area contributed by atoms with Crippen LogP contribution in [0.25, 0.3) is 0 Å². The largest absolute Gasteiger partial charge is 0.0654 e. The fourth-order valence-corrected chi connectivity index (χ4v) is 4.48. The Kier molecular flexibility index (Phi) is 6.59. The van der Waals surface area contributed by atoms with Gasteiger partial charge in [-0.25, -0.2) is 0 Å². The van der Waals surface area contributed by atoms with Crippen LogP contribution >= 0.6 is 0 Å². The molecule has 0 N–H and O–H groups in total. The van der Waals surface area contributed by atoms with Gasteiger partial charge in [-0.1, -0.05) is 90.4 Å². The highest BCUT2D eigenvalue weighted by atomic mass is 14.3. The molecule has 2 saturated carbocycles. The van der Waals surface area contributed by atoms with E-state index in [1.807, 2.05) is 0 Å². The van der Waals surface area contributed by atoms with Crippen molar-refractivity contribution in [2.24, 2.45) is 17.8 Å². The first-order chi connectivity index (χ1) is 8.90. The summed E-state index contributed by atoms with van der Waals surface area (Å²) in [6.45, 7) is 2.33. The summed E-state index contributed by atoms with van der Waals surface area (Å²) in [7, 11) is 0. The number of unbranched alkanes of at least 4 members (excludes halogenated alkanes) is 3. The van der Waals surface area contributed by atoms with Crippen LogP contribution in [0.5, 0.6) is 0 Å². The average molecular weight is 250 g/mol. The van der Waals surface area contributed by atoms with E-state index in [0.717, 1.165) is 17.8 Å². The second-order valence-electron chi connectivity index (χ2n) is 7.04. The molecule has 0 saturated heterocycles. The molecule has 0 radical (unpaired) electrons. The van der Waals surface area contributed by atoms with Gasteiger partial charge in [0.2, 0.25) is 0 Å². The van der Waals surface area contributed by atoms with Gasteiger partial charge < -0.3 is 0 Å². The Morgan fingerprint density at radius 3 is 2.17 bits per heavy atom. The Balaban J connectivity index is 1.73. The van der Waals surface area contributed by atoms with Crippen molar-refractivity contribution in [3.8, 4) is 0 Å². The Hall–Kier alpha value is 0. The van der Waals surface area contributed by atoms with Crippen molar-refractivity contribution >= 4 is 0 Å². The summed E-state index contributed by atoms with van der Waals surface area (Å²) >= 11 is 0. The van der Waals surface area contributed by atoms with E-state index in [-0.39, 0.29) is 0 Å². The van der Waals surface area contributed by atoms with Crippen LogP contribution in [-0.4, -0.2) is 0 Å². The third-order valence-corrected chi connectivity index (χ3v) is 5.61. The Morgan fingerprint density at radius 2 is 1.50 bits per heavy atom. The van der Waals surface area contributed by atoms with Crippen molar-refractivity contribution in [3.63, 3.8) is 0 Å². The van der Waals surface area contributed by atoms with Crippen LogP contribution in [-0.2, 0) is 0 Å². The third-order valence-electron chi connectivity index (χ3n) is 5.61. The van der Waals surface area contributed by atoms with Gasteiger partial charge >= 0.3 is 0 Å². The van der Waals surface area contributed by atoms with Gasteiger partial charge in [0.1, 0.15) is 0 Å². The number of hydrogen-bond acceptors (Lipinski definition) is 0. The van der Waals surface area contributed by atoms with E-state index >= 15 is 0 Å². The van der Waals surface area contributed by atoms with Gasteiger partial charge in [-0.2, -0.15) is 0 Å². The molecule has 0 aromatic carbocycles. The summed E-state index contributed by atoms with van der Waals surface area (Å²) in [5.74, 6) is 3.33. The molecule has 1 unspecified atom stereocenters. The van der Waals surface area contributed by atoms with Gasteiger partial charge in [-0.3, -0.25) is 0 Å². The molecule has 0 heteroatoms. The molecule has 1 atom stereocenters. The molecular weight excluding hydrogens is 216 g/mol. The van der Waals surface area contributed by atoms with Crippen LogP contribution in [0.15, 0.2) is 0 Å². The molecule has 0 aliphatic heterocycles. The van der Waals surface area contributed by atoms with Gasteiger partial charge in [0.25, 0.3) is 0 Å². The van der Waals surface area contributed by atoms with E-state index < -0.39 is 0 Å². The fraction of sp³-hybridized carbons (Fsp3) is 1.00. The quantitative estimate of drug-likeness (QED) is 0.441. The van der Waals surface area contributed by atoms with Crippen molar-refractivity contribution in [2.45, 2.75) is 96.8 Å². The zero-order valence-corrected chi connectivity index (χ0v) is 12.6. The predicted molar refractivity (Wildman–Crippen MR) is 80.8 cm³/mol. The Labute approximate surface area is 115 Å². The van der Waals surface area contributed by atoms with Gasteiger partial charge in [-0.05, 0) is 24.2 Å². The summed E-state index contributed by atoms with van der Waals surface area (Å²) in [6, 6.07) is 0. The van der Waals surface area contributed by atoms with Crippen LogP contribution in [0.4, 0.5) is 0 Å². The van der Waals surface area contributed by atoms with E-state index in [1.54, 1.807) is 38.5 Å². The van der Waals surface area contributed by atoms with Gasteiger partial charge in [-0.15, -0.1) is 0 Å². The van der Waals surface area contributed by atoms with Crippen LogP contribution in [0.2, 0.25) is 0 Å². The molecule has 18 heavy (non-hydrogen) atoms. The van der Waals surface area contributed by atoms with Crippen molar-refractivity contribution in [1.82, 2.24) is 0 Å². The monoisotopic (exact) mass is 250 g/mol. The molecule has 0 aromatic heterocycles. The molecule has 2 rings (SSSR count). The highest BCUT2D eigenvalue weighted by molar-refractivity contribution is 4.79. The highest BCUT2D eigenvalue weighted by Gasteiger charge is 2.28. The number of rotatable bonds is 8. The minimum absolute atomic E-state index is 1.10. The van der Waals surface area contributed by atoms with Gasteiger partial charge in [0.05, 0.1) is 0 Å². The minimum atomic E-state index is 1.10. The highest BCUT2D eigenvalue weighted by Crippen LogP contribution is 2.40. The average Bonchev–Trinajstić information content (AvgIpc) is 3.05. The first kappa shape index (κ1) is 14.4. The SMILES string of the molecule is CCCCCCC(CC1CCCC1)C1CCCC1. The Bertz CT molecular complexity index is 196. The summed E-state index contributed by atoms with van der Waals surface area (Å²) in [6.07, 6.45) is 21.3. The molecular formula is C18H34. The molecule has 0 heterocycles. The molecule has 0 aromatic rings. The van der Waals surface area contributed by atoms with E-state index in [4.69, 9.17) is 0 Å². The van der Waals surface area contributed by atoms with Crippen LogP contribution < -0.4 is 0 Å².